The van der Waals surface area contributed by atoms with Crippen molar-refractivity contribution in [3.8, 4) is 0 Å². The minimum absolute atomic E-state index is 0.686. The van der Waals surface area contributed by atoms with Crippen LogP contribution in [0.5, 0.6) is 0 Å². The van der Waals surface area contributed by atoms with Gasteiger partial charge in [-0.05, 0) is 53.1 Å². The first-order valence-corrected chi connectivity index (χ1v) is 6.13. The average Bonchev–Trinajstić information content (AvgIpc) is 2.18. The third-order valence-electron chi connectivity index (χ3n) is 3.39. The second-order valence-electron chi connectivity index (χ2n) is 4.88. The molecule has 0 spiro atoms. The summed E-state index contributed by atoms with van der Waals surface area (Å²) >= 11 is 0. The molecule has 0 aromatic heterocycles. The van der Waals surface area contributed by atoms with Crippen LogP contribution < -0.4 is 5.32 Å². The van der Waals surface area contributed by atoms with Crippen molar-refractivity contribution in [2.24, 2.45) is 0 Å². The standard InChI is InChI=1S/C12H26N2/c1-5-11(4)13-12-6-8-14(9-7-12)10(2)3/h10-13H,5-9H2,1-4H3. The van der Waals surface area contributed by atoms with Gasteiger partial charge in [-0.25, -0.2) is 0 Å². The summed E-state index contributed by atoms with van der Waals surface area (Å²) in [5.41, 5.74) is 0. The number of rotatable bonds is 4. The Balaban J connectivity index is 2.22. The first-order chi connectivity index (χ1) is 6.63. The van der Waals surface area contributed by atoms with Crippen molar-refractivity contribution >= 4 is 0 Å². The molecule has 0 aliphatic carbocycles. The van der Waals surface area contributed by atoms with Gasteiger partial charge in [0.1, 0.15) is 0 Å². The Kier molecular flexibility index (Phi) is 4.90. The minimum atomic E-state index is 0.686. The summed E-state index contributed by atoms with van der Waals surface area (Å²) in [5, 5.41) is 3.70. The number of likely N-dealkylation sites (tertiary alicyclic amines) is 1. The Morgan fingerprint density at radius 3 is 2.21 bits per heavy atom. The molecule has 84 valence electrons. The van der Waals surface area contributed by atoms with Crippen molar-refractivity contribution in [1.82, 2.24) is 10.2 Å². The molecule has 1 atom stereocenters. The highest BCUT2D eigenvalue weighted by Crippen LogP contribution is 2.13. The van der Waals surface area contributed by atoms with Crippen LogP contribution in [-0.4, -0.2) is 36.1 Å². The Morgan fingerprint density at radius 1 is 1.21 bits per heavy atom. The molecule has 0 saturated carbocycles. The lowest BCUT2D eigenvalue weighted by molar-refractivity contribution is 0.157. The van der Waals surface area contributed by atoms with Crippen LogP contribution in [0, 0.1) is 0 Å². The summed E-state index contributed by atoms with van der Waals surface area (Å²) in [4.78, 5) is 2.58. The first-order valence-electron chi connectivity index (χ1n) is 6.13. The zero-order chi connectivity index (χ0) is 10.6. The lowest BCUT2D eigenvalue weighted by Crippen LogP contribution is -2.47. The van der Waals surface area contributed by atoms with Crippen LogP contribution in [0.3, 0.4) is 0 Å². The Labute approximate surface area is 89.1 Å². The van der Waals surface area contributed by atoms with E-state index in [9.17, 15) is 0 Å². The van der Waals surface area contributed by atoms with Gasteiger partial charge in [-0.15, -0.1) is 0 Å². The third-order valence-corrected chi connectivity index (χ3v) is 3.39. The SMILES string of the molecule is CCC(C)NC1CCN(C(C)C)CC1. The minimum Gasteiger partial charge on any atom is -0.311 e. The van der Waals surface area contributed by atoms with E-state index >= 15 is 0 Å². The largest absolute Gasteiger partial charge is 0.311 e. The van der Waals surface area contributed by atoms with Gasteiger partial charge < -0.3 is 10.2 Å². The summed E-state index contributed by atoms with van der Waals surface area (Å²) in [7, 11) is 0. The van der Waals surface area contributed by atoms with Gasteiger partial charge in [0.2, 0.25) is 0 Å². The zero-order valence-corrected chi connectivity index (χ0v) is 10.2. The van der Waals surface area contributed by atoms with Crippen molar-refractivity contribution < 1.29 is 0 Å². The molecule has 1 N–H and O–H groups in total. The Hall–Kier alpha value is -0.0800. The van der Waals surface area contributed by atoms with E-state index in [2.05, 4.69) is 37.9 Å². The number of nitrogens with zero attached hydrogens (tertiary/aromatic N) is 1. The maximum absolute atomic E-state index is 3.70. The molecule has 1 unspecified atom stereocenters. The molecule has 14 heavy (non-hydrogen) atoms. The molecule has 0 radical (unpaired) electrons. The molecular formula is C12H26N2. The average molecular weight is 198 g/mol. The number of nitrogens with one attached hydrogen (secondary N) is 1. The van der Waals surface area contributed by atoms with E-state index in [1.54, 1.807) is 0 Å². The van der Waals surface area contributed by atoms with E-state index in [0.29, 0.717) is 6.04 Å². The van der Waals surface area contributed by atoms with Gasteiger partial charge in [-0.2, -0.15) is 0 Å². The molecule has 1 aliphatic heterocycles. The highest BCUT2D eigenvalue weighted by Gasteiger charge is 2.20. The molecule has 0 bridgehead atoms. The van der Waals surface area contributed by atoms with Crippen molar-refractivity contribution in [3.63, 3.8) is 0 Å². The first kappa shape index (κ1) is 12.0. The second-order valence-corrected chi connectivity index (χ2v) is 4.88. The van der Waals surface area contributed by atoms with Gasteiger partial charge in [0.05, 0.1) is 0 Å². The second kappa shape index (κ2) is 5.72. The van der Waals surface area contributed by atoms with Crippen LogP contribution in [0.4, 0.5) is 0 Å². The topological polar surface area (TPSA) is 15.3 Å². The van der Waals surface area contributed by atoms with E-state index in [1.165, 1.54) is 32.4 Å². The Morgan fingerprint density at radius 2 is 1.79 bits per heavy atom. The molecule has 1 aliphatic rings. The van der Waals surface area contributed by atoms with Crippen molar-refractivity contribution in [2.45, 2.75) is 65.1 Å². The molecule has 1 rings (SSSR count). The van der Waals surface area contributed by atoms with E-state index in [0.717, 1.165) is 12.1 Å². The van der Waals surface area contributed by atoms with Crippen LogP contribution in [0.2, 0.25) is 0 Å². The van der Waals surface area contributed by atoms with E-state index in [4.69, 9.17) is 0 Å². The van der Waals surface area contributed by atoms with Gasteiger partial charge in [0, 0.05) is 18.1 Å². The molecule has 0 aromatic carbocycles. The van der Waals surface area contributed by atoms with E-state index in [-0.39, 0.29) is 0 Å². The van der Waals surface area contributed by atoms with Crippen LogP contribution in [0.1, 0.15) is 47.0 Å². The summed E-state index contributed by atoms with van der Waals surface area (Å²) in [5.74, 6) is 0. The quantitative estimate of drug-likeness (QED) is 0.745. The van der Waals surface area contributed by atoms with Crippen molar-refractivity contribution in [2.75, 3.05) is 13.1 Å². The lowest BCUT2D eigenvalue weighted by atomic mass is 10.0. The number of hydrogen-bond donors (Lipinski definition) is 1. The van der Waals surface area contributed by atoms with Gasteiger partial charge >= 0.3 is 0 Å². The molecule has 1 saturated heterocycles. The molecule has 1 heterocycles. The maximum Gasteiger partial charge on any atom is 0.00938 e. The molecule has 2 nitrogen and oxygen atoms in total. The normalized spacial score (nSPS) is 22.9. The fraction of sp³-hybridized carbons (Fsp3) is 1.00. The van der Waals surface area contributed by atoms with Gasteiger partial charge in [0.25, 0.3) is 0 Å². The monoisotopic (exact) mass is 198 g/mol. The van der Waals surface area contributed by atoms with Gasteiger partial charge in [-0.1, -0.05) is 6.92 Å². The van der Waals surface area contributed by atoms with Gasteiger partial charge in [0.15, 0.2) is 0 Å². The molecular weight excluding hydrogens is 172 g/mol. The highest BCUT2D eigenvalue weighted by molar-refractivity contribution is 4.80. The van der Waals surface area contributed by atoms with Gasteiger partial charge in [-0.3, -0.25) is 0 Å². The predicted molar refractivity (Wildman–Crippen MR) is 62.6 cm³/mol. The molecule has 2 heteroatoms. The number of piperidine rings is 1. The molecule has 1 fully saturated rings. The lowest BCUT2D eigenvalue weighted by Gasteiger charge is -2.36. The smallest absolute Gasteiger partial charge is 0.00938 e. The van der Waals surface area contributed by atoms with Crippen LogP contribution in [-0.2, 0) is 0 Å². The maximum atomic E-state index is 3.70. The molecule has 0 aromatic rings. The summed E-state index contributed by atoms with van der Waals surface area (Å²) in [6.07, 6.45) is 3.88. The van der Waals surface area contributed by atoms with Crippen LogP contribution in [0.15, 0.2) is 0 Å². The summed E-state index contributed by atoms with van der Waals surface area (Å²) < 4.78 is 0. The summed E-state index contributed by atoms with van der Waals surface area (Å²) in [6.45, 7) is 11.7. The fourth-order valence-corrected chi connectivity index (χ4v) is 2.10. The van der Waals surface area contributed by atoms with Crippen molar-refractivity contribution in [1.29, 1.82) is 0 Å². The van der Waals surface area contributed by atoms with E-state index in [1.807, 2.05) is 0 Å². The molecule has 0 amide bonds. The van der Waals surface area contributed by atoms with Crippen molar-refractivity contribution in [3.05, 3.63) is 0 Å². The van der Waals surface area contributed by atoms with E-state index < -0.39 is 0 Å². The fourth-order valence-electron chi connectivity index (χ4n) is 2.10. The van der Waals surface area contributed by atoms with Crippen LogP contribution in [0.25, 0.3) is 0 Å². The van der Waals surface area contributed by atoms with Crippen LogP contribution >= 0.6 is 0 Å². The third kappa shape index (κ3) is 3.58. The Bertz CT molecular complexity index is 148. The number of hydrogen-bond acceptors (Lipinski definition) is 2. The predicted octanol–water partition coefficient (Wildman–Crippen LogP) is 2.25. The highest BCUT2D eigenvalue weighted by atomic mass is 15.2. The zero-order valence-electron chi connectivity index (χ0n) is 10.2. The summed E-state index contributed by atoms with van der Waals surface area (Å²) in [6, 6.07) is 2.17.